The van der Waals surface area contributed by atoms with E-state index in [2.05, 4.69) is 29.0 Å². The first-order valence-corrected chi connectivity index (χ1v) is 5.10. The third-order valence-corrected chi connectivity index (χ3v) is 2.40. The topological polar surface area (TPSA) is 63.0 Å². The fraction of sp³-hybridized carbons (Fsp3) is 0.500. The molecule has 0 saturated heterocycles. The number of hydrogen-bond donors (Lipinski definition) is 1. The number of aromatic nitrogens is 4. The smallest absolute Gasteiger partial charge is 0.246 e. The van der Waals surface area contributed by atoms with E-state index < -0.39 is 0 Å². The van der Waals surface area contributed by atoms with Crippen LogP contribution >= 0.6 is 0 Å². The van der Waals surface area contributed by atoms with Gasteiger partial charge in [-0.3, -0.25) is 0 Å². The van der Waals surface area contributed by atoms with E-state index >= 15 is 0 Å². The first-order valence-electron chi connectivity index (χ1n) is 5.10. The predicted molar refractivity (Wildman–Crippen MR) is 57.1 cm³/mol. The van der Waals surface area contributed by atoms with Gasteiger partial charge in [0.05, 0.1) is 0 Å². The van der Waals surface area contributed by atoms with Gasteiger partial charge in [-0.25, -0.2) is 19.3 Å². The average Bonchev–Trinajstić information content (AvgIpc) is 2.59. The van der Waals surface area contributed by atoms with Crippen molar-refractivity contribution in [3.05, 3.63) is 28.1 Å². The monoisotopic (exact) mass is 206 g/mol. The molecule has 0 spiro atoms. The molecule has 0 aliphatic rings. The van der Waals surface area contributed by atoms with Gasteiger partial charge in [0, 0.05) is 18.2 Å². The van der Waals surface area contributed by atoms with Gasteiger partial charge < -0.3 is 0 Å². The zero-order chi connectivity index (χ0) is 11.0. The molecule has 2 aromatic rings. The number of nitrogens with zero attached hydrogens (tertiary/aromatic N) is 3. The summed E-state index contributed by atoms with van der Waals surface area (Å²) < 4.78 is 1.52. The van der Waals surface area contributed by atoms with Crippen LogP contribution in [0.15, 0.2) is 10.9 Å². The van der Waals surface area contributed by atoms with Crippen molar-refractivity contribution in [1.82, 2.24) is 19.6 Å². The van der Waals surface area contributed by atoms with E-state index in [0.29, 0.717) is 11.6 Å². The maximum absolute atomic E-state index is 11.4. The molecule has 0 amide bonds. The second kappa shape index (κ2) is 3.49. The Labute approximate surface area is 87.2 Å². The van der Waals surface area contributed by atoms with E-state index in [9.17, 15) is 4.79 Å². The number of rotatable bonds is 2. The first kappa shape index (κ1) is 9.89. The summed E-state index contributed by atoms with van der Waals surface area (Å²) in [5.41, 5.74) is 1.40. The lowest BCUT2D eigenvalue weighted by Crippen LogP contribution is -2.15. The summed E-state index contributed by atoms with van der Waals surface area (Å²) in [6, 6.07) is 1.85. The SMILES string of the molecule is CCc1nc(C(C)C)cc2n[nH]c(=O)n12. The second-order valence-corrected chi connectivity index (χ2v) is 3.83. The van der Waals surface area contributed by atoms with Gasteiger partial charge in [-0.15, -0.1) is 0 Å². The van der Waals surface area contributed by atoms with Crippen LogP contribution in [-0.2, 0) is 6.42 Å². The summed E-state index contributed by atoms with van der Waals surface area (Å²) in [7, 11) is 0. The molecule has 2 aromatic heterocycles. The minimum absolute atomic E-state index is 0.218. The molecule has 0 aliphatic carbocycles. The highest BCUT2D eigenvalue weighted by atomic mass is 16.1. The molecule has 0 bridgehead atoms. The van der Waals surface area contributed by atoms with E-state index in [-0.39, 0.29) is 5.69 Å². The lowest BCUT2D eigenvalue weighted by molar-refractivity contribution is 0.771. The van der Waals surface area contributed by atoms with E-state index in [1.54, 1.807) is 0 Å². The Morgan fingerprint density at radius 2 is 2.27 bits per heavy atom. The van der Waals surface area contributed by atoms with Crippen LogP contribution in [-0.4, -0.2) is 19.6 Å². The van der Waals surface area contributed by atoms with Crippen LogP contribution in [0.25, 0.3) is 5.65 Å². The molecule has 80 valence electrons. The summed E-state index contributed by atoms with van der Waals surface area (Å²) >= 11 is 0. The molecule has 15 heavy (non-hydrogen) atoms. The summed E-state index contributed by atoms with van der Waals surface area (Å²) in [6.07, 6.45) is 0.719. The number of fused-ring (bicyclic) bond motifs is 1. The van der Waals surface area contributed by atoms with Crippen molar-refractivity contribution in [2.75, 3.05) is 0 Å². The van der Waals surface area contributed by atoms with Gasteiger partial charge in [-0.2, -0.15) is 5.10 Å². The van der Waals surface area contributed by atoms with Gasteiger partial charge in [-0.1, -0.05) is 20.8 Å². The number of nitrogens with one attached hydrogen (secondary N) is 1. The Balaban J connectivity index is 2.79. The molecular weight excluding hydrogens is 192 g/mol. The van der Waals surface area contributed by atoms with Crippen LogP contribution in [0, 0.1) is 0 Å². The van der Waals surface area contributed by atoms with Crippen LogP contribution in [0.1, 0.15) is 38.2 Å². The van der Waals surface area contributed by atoms with Crippen molar-refractivity contribution < 1.29 is 0 Å². The highest BCUT2D eigenvalue weighted by Crippen LogP contribution is 2.13. The van der Waals surface area contributed by atoms with E-state index in [4.69, 9.17) is 0 Å². The zero-order valence-electron chi connectivity index (χ0n) is 9.11. The number of hydrogen-bond acceptors (Lipinski definition) is 3. The van der Waals surface area contributed by atoms with Crippen molar-refractivity contribution in [3.8, 4) is 0 Å². The van der Waals surface area contributed by atoms with Gasteiger partial charge in [-0.05, 0) is 5.92 Å². The van der Waals surface area contributed by atoms with Gasteiger partial charge in [0.15, 0.2) is 5.65 Å². The molecule has 5 heteroatoms. The summed E-state index contributed by atoms with van der Waals surface area (Å²) in [5, 5.41) is 6.39. The van der Waals surface area contributed by atoms with Crippen LogP contribution in [0.3, 0.4) is 0 Å². The molecule has 0 saturated carbocycles. The highest BCUT2D eigenvalue weighted by Gasteiger charge is 2.10. The molecular formula is C10H14N4O. The molecule has 0 aliphatic heterocycles. The summed E-state index contributed by atoms with van der Waals surface area (Å²) in [4.78, 5) is 15.9. The lowest BCUT2D eigenvalue weighted by atomic mass is 10.1. The summed E-state index contributed by atoms with van der Waals surface area (Å²) in [6.45, 7) is 6.12. The Morgan fingerprint density at radius 3 is 2.87 bits per heavy atom. The van der Waals surface area contributed by atoms with Crippen molar-refractivity contribution in [1.29, 1.82) is 0 Å². The van der Waals surface area contributed by atoms with Crippen LogP contribution in [0.5, 0.6) is 0 Å². The standard InChI is InChI=1S/C10H14N4O/c1-4-8-11-7(6(2)3)5-9-12-13-10(15)14(8)9/h5-6H,4H2,1-3H3,(H,13,15). The van der Waals surface area contributed by atoms with Crippen LogP contribution < -0.4 is 5.69 Å². The van der Waals surface area contributed by atoms with E-state index in [0.717, 1.165) is 17.9 Å². The zero-order valence-corrected chi connectivity index (χ0v) is 9.11. The molecule has 1 N–H and O–H groups in total. The Hall–Kier alpha value is -1.65. The van der Waals surface area contributed by atoms with E-state index in [1.807, 2.05) is 13.0 Å². The molecule has 0 unspecified atom stereocenters. The minimum atomic E-state index is -0.218. The first-order chi connectivity index (χ1) is 7.13. The van der Waals surface area contributed by atoms with E-state index in [1.165, 1.54) is 4.40 Å². The maximum atomic E-state index is 11.4. The van der Waals surface area contributed by atoms with Crippen molar-refractivity contribution in [2.45, 2.75) is 33.1 Å². The molecule has 0 aromatic carbocycles. The van der Waals surface area contributed by atoms with Gasteiger partial charge in [0.1, 0.15) is 5.82 Å². The molecule has 0 radical (unpaired) electrons. The third-order valence-electron chi connectivity index (χ3n) is 2.40. The fourth-order valence-corrected chi connectivity index (χ4v) is 1.55. The Kier molecular flexibility index (Phi) is 2.30. The van der Waals surface area contributed by atoms with Crippen molar-refractivity contribution >= 4 is 5.65 Å². The Bertz CT molecular complexity index is 538. The largest absolute Gasteiger partial charge is 0.349 e. The second-order valence-electron chi connectivity index (χ2n) is 3.83. The maximum Gasteiger partial charge on any atom is 0.349 e. The number of aryl methyl sites for hydroxylation is 1. The lowest BCUT2D eigenvalue weighted by Gasteiger charge is -2.07. The quantitative estimate of drug-likeness (QED) is 0.800. The predicted octanol–water partition coefficient (Wildman–Crippen LogP) is 1.10. The third kappa shape index (κ3) is 1.54. The highest BCUT2D eigenvalue weighted by molar-refractivity contribution is 5.39. The molecule has 2 rings (SSSR count). The van der Waals surface area contributed by atoms with Crippen LogP contribution in [0.4, 0.5) is 0 Å². The minimum Gasteiger partial charge on any atom is -0.246 e. The fourth-order valence-electron chi connectivity index (χ4n) is 1.55. The van der Waals surface area contributed by atoms with Crippen molar-refractivity contribution in [3.63, 3.8) is 0 Å². The molecule has 0 fully saturated rings. The molecule has 2 heterocycles. The Morgan fingerprint density at radius 1 is 1.53 bits per heavy atom. The van der Waals surface area contributed by atoms with Gasteiger partial charge in [0.25, 0.3) is 0 Å². The number of H-pyrrole nitrogens is 1. The number of aromatic amines is 1. The summed E-state index contributed by atoms with van der Waals surface area (Å²) in [5.74, 6) is 1.10. The average molecular weight is 206 g/mol. The van der Waals surface area contributed by atoms with Gasteiger partial charge >= 0.3 is 5.69 Å². The van der Waals surface area contributed by atoms with Gasteiger partial charge in [0.2, 0.25) is 0 Å². The molecule has 5 nitrogen and oxygen atoms in total. The molecule has 0 atom stereocenters. The normalized spacial score (nSPS) is 11.5. The van der Waals surface area contributed by atoms with Crippen molar-refractivity contribution in [2.24, 2.45) is 0 Å². The van der Waals surface area contributed by atoms with Crippen LogP contribution in [0.2, 0.25) is 0 Å².